The molecule has 0 spiro atoms. The highest BCUT2D eigenvalue weighted by Crippen LogP contribution is 2.26. The summed E-state index contributed by atoms with van der Waals surface area (Å²) in [5, 5.41) is 21.9. The molecule has 1 aromatic heterocycles. The fourth-order valence-corrected chi connectivity index (χ4v) is 2.15. The molecular formula is C15H21BN4O. The molecule has 1 atom stereocenters. The van der Waals surface area contributed by atoms with Gasteiger partial charge in [-0.2, -0.15) is 5.26 Å². The molecule has 1 N–H and O–H groups in total. The summed E-state index contributed by atoms with van der Waals surface area (Å²) in [5.41, 5.74) is 0.131. The van der Waals surface area contributed by atoms with Gasteiger partial charge in [-0.1, -0.05) is 26.5 Å². The van der Waals surface area contributed by atoms with E-state index in [1.165, 1.54) is 0 Å². The maximum absolute atomic E-state index is 9.58. The third-order valence-electron chi connectivity index (χ3n) is 3.74. The van der Waals surface area contributed by atoms with Crippen molar-refractivity contribution in [3.05, 3.63) is 18.3 Å². The Morgan fingerprint density at radius 2 is 2.19 bits per heavy atom. The van der Waals surface area contributed by atoms with E-state index in [9.17, 15) is 5.26 Å². The molecule has 0 bridgehead atoms. The predicted molar refractivity (Wildman–Crippen MR) is 84.3 cm³/mol. The molecule has 1 heterocycles. The second kappa shape index (κ2) is 8.16. The van der Waals surface area contributed by atoms with Crippen LogP contribution in [0.3, 0.4) is 0 Å². The van der Waals surface area contributed by atoms with Crippen LogP contribution < -0.4 is 10.1 Å². The van der Waals surface area contributed by atoms with Crippen molar-refractivity contribution >= 4 is 12.4 Å². The molecule has 0 saturated carbocycles. The molecule has 1 aromatic rings. The lowest BCUT2D eigenvalue weighted by Gasteiger charge is -2.28. The summed E-state index contributed by atoms with van der Waals surface area (Å²) in [6, 6.07) is 5.95. The van der Waals surface area contributed by atoms with Crippen LogP contribution in [0.15, 0.2) is 18.3 Å². The summed E-state index contributed by atoms with van der Waals surface area (Å²) in [6.45, 7) is 3.97. The zero-order chi connectivity index (χ0) is 15.7. The van der Waals surface area contributed by atoms with Gasteiger partial charge < -0.3 is 10.1 Å². The van der Waals surface area contributed by atoms with Crippen molar-refractivity contribution in [2.45, 2.75) is 44.9 Å². The van der Waals surface area contributed by atoms with Gasteiger partial charge in [0.05, 0.1) is 13.2 Å². The Kier molecular flexibility index (Phi) is 6.55. The average Bonchev–Trinajstić information content (AvgIpc) is 2.54. The number of rotatable bonds is 8. The number of methoxy groups -OCH3 is 1. The molecule has 6 heteroatoms. The quantitative estimate of drug-likeness (QED) is 0.741. The van der Waals surface area contributed by atoms with E-state index in [2.05, 4.69) is 22.3 Å². The van der Waals surface area contributed by atoms with Crippen molar-refractivity contribution in [1.82, 2.24) is 4.98 Å². The lowest BCUT2D eigenvalue weighted by molar-refractivity contribution is 0.398. The first-order valence-electron chi connectivity index (χ1n) is 7.22. The highest BCUT2D eigenvalue weighted by molar-refractivity contribution is 6.66. The zero-order valence-electron chi connectivity index (χ0n) is 12.9. The fourth-order valence-electron chi connectivity index (χ4n) is 2.15. The van der Waals surface area contributed by atoms with Crippen molar-refractivity contribution in [3.8, 4) is 17.9 Å². The van der Waals surface area contributed by atoms with E-state index in [0.29, 0.717) is 25.0 Å². The number of anilines is 1. The van der Waals surface area contributed by atoms with Crippen LogP contribution in [0.1, 0.15) is 26.7 Å². The first-order valence-corrected chi connectivity index (χ1v) is 7.22. The van der Waals surface area contributed by atoms with Crippen LogP contribution in [0.2, 0.25) is 12.6 Å². The maximum Gasteiger partial charge on any atom is 0.267 e. The standard InChI is InChI=1S/C15H21BN4O/c1-4-15(11-17,7-8-16(5-2)12-18)20-13-6-9-19-14(10-13)21-3/h6,9-10H,4-5,7-8H2,1-3H3,(H,19,20). The van der Waals surface area contributed by atoms with Gasteiger partial charge in [-0.25, -0.2) is 10.2 Å². The summed E-state index contributed by atoms with van der Waals surface area (Å²) in [6.07, 6.45) is 4.46. The molecule has 5 nitrogen and oxygen atoms in total. The lowest BCUT2D eigenvalue weighted by Crippen LogP contribution is -2.37. The Morgan fingerprint density at radius 1 is 1.43 bits per heavy atom. The summed E-state index contributed by atoms with van der Waals surface area (Å²) in [4.78, 5) is 4.05. The minimum Gasteiger partial charge on any atom is -0.481 e. The Hall–Kier alpha value is -2.21. The van der Waals surface area contributed by atoms with Crippen LogP contribution in [0.25, 0.3) is 0 Å². The molecule has 110 valence electrons. The van der Waals surface area contributed by atoms with Gasteiger partial charge in [-0.15, -0.1) is 0 Å². The van der Waals surface area contributed by atoms with Gasteiger partial charge >= 0.3 is 0 Å². The van der Waals surface area contributed by atoms with E-state index in [1.54, 1.807) is 19.4 Å². The molecule has 0 radical (unpaired) electrons. The predicted octanol–water partition coefficient (Wildman–Crippen LogP) is 3.14. The number of nitrogens with zero attached hydrogens (tertiary/aromatic N) is 3. The molecule has 0 fully saturated rings. The molecule has 1 rings (SSSR count). The third kappa shape index (κ3) is 4.68. The normalized spacial score (nSPS) is 12.6. The minimum absolute atomic E-state index is 0.00180. The molecule has 0 aliphatic rings. The van der Waals surface area contributed by atoms with Crippen molar-refractivity contribution < 1.29 is 4.74 Å². The molecule has 0 amide bonds. The second-order valence-corrected chi connectivity index (χ2v) is 5.03. The number of hydrogen-bond donors (Lipinski definition) is 1. The molecule has 21 heavy (non-hydrogen) atoms. The summed E-state index contributed by atoms with van der Waals surface area (Å²) >= 11 is 0. The maximum atomic E-state index is 9.58. The first-order chi connectivity index (χ1) is 10.1. The van der Waals surface area contributed by atoms with E-state index < -0.39 is 5.54 Å². The molecule has 0 saturated heterocycles. The van der Waals surface area contributed by atoms with E-state index in [1.807, 2.05) is 19.9 Å². The van der Waals surface area contributed by atoms with Crippen LogP contribution >= 0.6 is 0 Å². The van der Waals surface area contributed by atoms with Crippen LogP contribution in [-0.2, 0) is 0 Å². The van der Waals surface area contributed by atoms with E-state index >= 15 is 0 Å². The monoisotopic (exact) mass is 284 g/mol. The molecule has 1 unspecified atom stereocenters. The molecular weight excluding hydrogens is 263 g/mol. The van der Waals surface area contributed by atoms with Crippen molar-refractivity contribution in [3.63, 3.8) is 0 Å². The van der Waals surface area contributed by atoms with Gasteiger partial charge in [-0.3, -0.25) is 0 Å². The van der Waals surface area contributed by atoms with E-state index in [0.717, 1.165) is 12.0 Å². The van der Waals surface area contributed by atoms with Crippen molar-refractivity contribution in [1.29, 1.82) is 10.5 Å². The summed E-state index contributed by atoms with van der Waals surface area (Å²) in [5.74, 6) is 2.79. The first kappa shape index (κ1) is 16.8. The molecule has 0 aliphatic carbocycles. The molecule has 0 aliphatic heterocycles. The van der Waals surface area contributed by atoms with Crippen LogP contribution in [-0.4, -0.2) is 24.3 Å². The number of ether oxygens (including phenoxy) is 1. The highest BCUT2D eigenvalue weighted by Gasteiger charge is 2.29. The number of nitrogens with one attached hydrogen (secondary N) is 1. The van der Waals surface area contributed by atoms with Gasteiger partial charge in [0.1, 0.15) is 5.54 Å². The number of nitriles is 2. The number of pyridine rings is 1. The fraction of sp³-hybridized carbons (Fsp3) is 0.533. The summed E-state index contributed by atoms with van der Waals surface area (Å²) < 4.78 is 5.09. The number of aromatic nitrogens is 1. The minimum atomic E-state index is -0.670. The topological polar surface area (TPSA) is 81.7 Å². The van der Waals surface area contributed by atoms with Gasteiger partial charge in [-0.05, 0) is 18.9 Å². The van der Waals surface area contributed by atoms with E-state index in [4.69, 9.17) is 10.00 Å². The van der Waals surface area contributed by atoms with Crippen molar-refractivity contribution in [2.24, 2.45) is 0 Å². The Balaban J connectivity index is 2.85. The van der Waals surface area contributed by atoms with Crippen molar-refractivity contribution in [2.75, 3.05) is 12.4 Å². The van der Waals surface area contributed by atoms with Gasteiger partial charge in [0.15, 0.2) is 0 Å². The van der Waals surface area contributed by atoms with Crippen LogP contribution in [0.5, 0.6) is 5.88 Å². The summed E-state index contributed by atoms with van der Waals surface area (Å²) in [7, 11) is 1.56. The van der Waals surface area contributed by atoms with Crippen LogP contribution in [0.4, 0.5) is 5.69 Å². The smallest absolute Gasteiger partial charge is 0.267 e. The zero-order valence-corrected chi connectivity index (χ0v) is 12.9. The lowest BCUT2D eigenvalue weighted by atomic mass is 9.45. The SMILES string of the molecule is CCB(C#N)CCC(C#N)(CC)Nc1ccnc(OC)c1. The largest absolute Gasteiger partial charge is 0.481 e. The van der Waals surface area contributed by atoms with Gasteiger partial charge in [0.2, 0.25) is 5.88 Å². The van der Waals surface area contributed by atoms with Gasteiger partial charge in [0, 0.05) is 23.9 Å². The number of hydrogen-bond acceptors (Lipinski definition) is 5. The molecule has 0 aromatic carbocycles. The Bertz CT molecular complexity index is 537. The Morgan fingerprint density at radius 3 is 2.71 bits per heavy atom. The Labute approximate surface area is 127 Å². The third-order valence-corrected chi connectivity index (χ3v) is 3.74. The highest BCUT2D eigenvalue weighted by atomic mass is 16.5. The van der Waals surface area contributed by atoms with E-state index in [-0.39, 0.29) is 6.71 Å². The van der Waals surface area contributed by atoms with Crippen LogP contribution in [0, 0.1) is 22.6 Å². The second-order valence-electron chi connectivity index (χ2n) is 5.03. The van der Waals surface area contributed by atoms with Gasteiger partial charge in [0.25, 0.3) is 6.71 Å². The average molecular weight is 284 g/mol.